The Kier molecular flexibility index (Phi) is 5.43. The number of aromatic nitrogens is 1. The number of benzene rings is 1. The molecule has 0 fully saturated rings. The smallest absolute Gasteiger partial charge is 0.412 e. The summed E-state index contributed by atoms with van der Waals surface area (Å²) in [5.41, 5.74) is 1.15. The average Bonchev–Trinajstić information content (AvgIpc) is 2.61. The summed E-state index contributed by atoms with van der Waals surface area (Å²) in [7, 11) is 0. The van der Waals surface area contributed by atoms with Crippen molar-refractivity contribution in [1.29, 1.82) is 0 Å². The summed E-state index contributed by atoms with van der Waals surface area (Å²) in [5.74, 6) is -1.88. The number of anilines is 1. The van der Waals surface area contributed by atoms with Gasteiger partial charge in [0.1, 0.15) is 30.5 Å². The maximum Gasteiger partial charge on any atom is 0.412 e. The van der Waals surface area contributed by atoms with Gasteiger partial charge in [0.2, 0.25) is 5.88 Å². The highest BCUT2D eigenvalue weighted by atomic mass is 19.1. The number of carbonyl (C=O) groups is 2. The van der Waals surface area contributed by atoms with Gasteiger partial charge in [-0.15, -0.1) is 0 Å². The first-order chi connectivity index (χ1) is 13.3. The lowest BCUT2D eigenvalue weighted by Crippen LogP contribution is -2.44. The zero-order valence-corrected chi connectivity index (χ0v) is 15.2. The van der Waals surface area contributed by atoms with E-state index in [2.05, 4.69) is 4.98 Å². The van der Waals surface area contributed by atoms with Gasteiger partial charge in [-0.2, -0.15) is 0 Å². The molecule has 1 atom stereocenters. The van der Waals surface area contributed by atoms with E-state index in [1.54, 1.807) is 6.92 Å². The van der Waals surface area contributed by atoms with Crippen LogP contribution < -0.4 is 9.64 Å². The summed E-state index contributed by atoms with van der Waals surface area (Å²) in [6.45, 7) is 2.85. The molecule has 2 aromatic rings. The number of amides is 1. The Labute approximate surface area is 159 Å². The number of fused-ring (bicyclic) bond motifs is 1. The van der Waals surface area contributed by atoms with Crippen molar-refractivity contribution in [2.45, 2.75) is 32.9 Å². The molecule has 1 aromatic heterocycles. The lowest BCUT2D eigenvalue weighted by Gasteiger charge is -2.33. The van der Waals surface area contributed by atoms with Crippen molar-refractivity contribution in [2.75, 3.05) is 11.5 Å². The highest BCUT2D eigenvalue weighted by Crippen LogP contribution is 2.35. The zero-order chi connectivity index (χ0) is 20.4. The van der Waals surface area contributed by atoms with Gasteiger partial charge < -0.3 is 14.6 Å². The van der Waals surface area contributed by atoms with Gasteiger partial charge in [0.05, 0.1) is 11.7 Å². The van der Waals surface area contributed by atoms with Gasteiger partial charge in [-0.3, -0.25) is 9.69 Å². The molecule has 7 nitrogen and oxygen atoms in total. The van der Waals surface area contributed by atoms with Gasteiger partial charge in [-0.25, -0.2) is 18.6 Å². The minimum absolute atomic E-state index is 0.00479. The number of ether oxygens (including phenoxy) is 2. The number of carboxylic acid groups (broad SMARTS) is 1. The van der Waals surface area contributed by atoms with E-state index in [-0.39, 0.29) is 36.8 Å². The van der Waals surface area contributed by atoms with Crippen LogP contribution in [0.5, 0.6) is 5.88 Å². The van der Waals surface area contributed by atoms with Crippen molar-refractivity contribution < 1.29 is 33.0 Å². The molecule has 0 spiro atoms. The molecule has 148 valence electrons. The van der Waals surface area contributed by atoms with Crippen LogP contribution in [-0.4, -0.2) is 34.8 Å². The number of hydrogen-bond acceptors (Lipinski definition) is 5. The van der Waals surface area contributed by atoms with Crippen LogP contribution in [0.4, 0.5) is 19.3 Å². The van der Waals surface area contributed by atoms with E-state index in [1.165, 1.54) is 19.1 Å². The predicted molar refractivity (Wildman–Crippen MR) is 94.3 cm³/mol. The molecule has 1 aliphatic rings. The van der Waals surface area contributed by atoms with Crippen LogP contribution in [-0.2, 0) is 22.6 Å². The second kappa shape index (κ2) is 7.79. The minimum atomic E-state index is -1.18. The van der Waals surface area contributed by atoms with Crippen LogP contribution >= 0.6 is 0 Å². The molecule has 2 heterocycles. The van der Waals surface area contributed by atoms with E-state index in [0.717, 1.165) is 17.0 Å². The second-order valence-corrected chi connectivity index (χ2v) is 6.42. The van der Waals surface area contributed by atoms with Crippen molar-refractivity contribution >= 4 is 17.7 Å². The lowest BCUT2D eigenvalue weighted by molar-refractivity contribution is -0.142. The fourth-order valence-electron chi connectivity index (χ4n) is 2.96. The van der Waals surface area contributed by atoms with E-state index in [9.17, 15) is 23.5 Å². The maximum atomic E-state index is 14.1. The van der Waals surface area contributed by atoms with Gasteiger partial charge in [-0.05, 0) is 30.2 Å². The standard InChI is InChI=1S/C19H18F2N2O5/c1-10-8-28-18-17(23(10)19(25)26)6-13(16(22-18)9-27-11(2)24)5-12-3-4-14(20)7-15(12)21/h3-4,6-7,10H,5,8-9H2,1-2H3,(H,25,26)/t10-/m0/s1. The molecular formula is C19H18F2N2O5. The summed E-state index contributed by atoms with van der Waals surface area (Å²) in [6.07, 6.45) is -1.17. The van der Waals surface area contributed by atoms with Crippen LogP contribution in [0, 0.1) is 11.6 Å². The van der Waals surface area contributed by atoms with E-state index >= 15 is 0 Å². The topological polar surface area (TPSA) is 89.0 Å². The molecule has 0 unspecified atom stereocenters. The number of halogens is 2. The molecule has 0 radical (unpaired) electrons. The van der Waals surface area contributed by atoms with Gasteiger partial charge in [0, 0.05) is 19.4 Å². The second-order valence-electron chi connectivity index (χ2n) is 6.42. The van der Waals surface area contributed by atoms with Gasteiger partial charge in [-0.1, -0.05) is 6.07 Å². The number of hydrogen-bond donors (Lipinski definition) is 1. The Balaban J connectivity index is 2.06. The molecule has 1 amide bonds. The Bertz CT molecular complexity index is 935. The van der Waals surface area contributed by atoms with Gasteiger partial charge in [0.25, 0.3) is 0 Å². The number of nitrogens with zero attached hydrogens (tertiary/aromatic N) is 2. The molecule has 1 aliphatic heterocycles. The van der Waals surface area contributed by atoms with Crippen LogP contribution in [0.3, 0.4) is 0 Å². The van der Waals surface area contributed by atoms with Crippen LogP contribution in [0.2, 0.25) is 0 Å². The Morgan fingerprint density at radius 3 is 2.71 bits per heavy atom. The number of esters is 1. The molecule has 1 N–H and O–H groups in total. The van der Waals surface area contributed by atoms with Crippen LogP contribution in [0.1, 0.15) is 30.7 Å². The lowest BCUT2D eigenvalue weighted by atomic mass is 10.0. The van der Waals surface area contributed by atoms with Crippen LogP contribution in [0.25, 0.3) is 0 Å². The summed E-state index contributed by atoms with van der Waals surface area (Å²) in [6, 6.07) is 4.27. The highest BCUT2D eigenvalue weighted by Gasteiger charge is 2.32. The molecule has 1 aromatic carbocycles. The zero-order valence-electron chi connectivity index (χ0n) is 15.2. The SMILES string of the molecule is CC(=O)OCc1nc2c(cc1Cc1ccc(F)cc1F)N(C(=O)O)[C@@H](C)CO2. The molecule has 0 saturated heterocycles. The summed E-state index contributed by atoms with van der Waals surface area (Å²) < 4.78 is 37.8. The number of pyridine rings is 1. The third-order valence-corrected chi connectivity index (χ3v) is 4.31. The fraction of sp³-hybridized carbons (Fsp3) is 0.316. The van der Waals surface area contributed by atoms with E-state index in [1.807, 2.05) is 0 Å². The normalized spacial score (nSPS) is 15.6. The van der Waals surface area contributed by atoms with E-state index < -0.39 is 29.7 Å². The van der Waals surface area contributed by atoms with E-state index in [0.29, 0.717) is 11.3 Å². The molecule has 0 bridgehead atoms. The first kappa shape index (κ1) is 19.5. The molecule has 9 heteroatoms. The maximum absolute atomic E-state index is 14.1. The molecule has 0 saturated carbocycles. The average molecular weight is 392 g/mol. The molecule has 28 heavy (non-hydrogen) atoms. The first-order valence-electron chi connectivity index (χ1n) is 8.51. The van der Waals surface area contributed by atoms with Crippen molar-refractivity contribution in [3.05, 3.63) is 52.7 Å². The molecule has 3 rings (SSSR count). The third-order valence-electron chi connectivity index (χ3n) is 4.31. The Hall–Kier alpha value is -3.23. The monoisotopic (exact) mass is 392 g/mol. The highest BCUT2D eigenvalue weighted by molar-refractivity contribution is 5.89. The van der Waals surface area contributed by atoms with Crippen LogP contribution in [0.15, 0.2) is 24.3 Å². The number of rotatable bonds is 4. The number of carbonyl (C=O) groups excluding carboxylic acids is 1. The minimum Gasteiger partial charge on any atom is -0.474 e. The third kappa shape index (κ3) is 4.03. The predicted octanol–water partition coefficient (Wildman–Crippen LogP) is 3.28. The van der Waals surface area contributed by atoms with Crippen molar-refractivity contribution in [2.24, 2.45) is 0 Å². The molecule has 0 aliphatic carbocycles. The molecular weight excluding hydrogens is 374 g/mol. The largest absolute Gasteiger partial charge is 0.474 e. The van der Waals surface area contributed by atoms with Gasteiger partial charge >= 0.3 is 12.1 Å². The first-order valence-corrected chi connectivity index (χ1v) is 8.51. The fourth-order valence-corrected chi connectivity index (χ4v) is 2.96. The summed E-state index contributed by atoms with van der Waals surface area (Å²) in [4.78, 5) is 28.3. The van der Waals surface area contributed by atoms with Gasteiger partial charge in [0.15, 0.2) is 0 Å². The van der Waals surface area contributed by atoms with Crippen molar-refractivity contribution in [1.82, 2.24) is 4.98 Å². The Morgan fingerprint density at radius 2 is 2.07 bits per heavy atom. The van der Waals surface area contributed by atoms with Crippen molar-refractivity contribution in [3.8, 4) is 5.88 Å². The quantitative estimate of drug-likeness (QED) is 0.804. The summed E-state index contributed by atoms with van der Waals surface area (Å²) >= 11 is 0. The van der Waals surface area contributed by atoms with E-state index in [4.69, 9.17) is 9.47 Å². The summed E-state index contributed by atoms with van der Waals surface area (Å²) in [5, 5.41) is 9.53. The Morgan fingerprint density at radius 1 is 1.32 bits per heavy atom. The van der Waals surface area contributed by atoms with Crippen molar-refractivity contribution in [3.63, 3.8) is 0 Å².